The maximum Gasteiger partial charge on any atom is 0.244 e. The summed E-state index contributed by atoms with van der Waals surface area (Å²) in [5.41, 5.74) is 1.52. The highest BCUT2D eigenvalue weighted by Gasteiger charge is 2.34. The molecule has 0 aromatic heterocycles. The first-order chi connectivity index (χ1) is 18.0. The minimum absolute atomic E-state index is 0.0569. The lowest BCUT2D eigenvalue weighted by Gasteiger charge is -2.34. The first-order valence-corrected chi connectivity index (χ1v) is 15.2. The maximum atomic E-state index is 13.9. The zero-order valence-corrected chi connectivity index (χ0v) is 24.5. The van der Waals surface area contributed by atoms with Gasteiger partial charge in [0.25, 0.3) is 0 Å². The number of nitrogens with one attached hydrogen (secondary N) is 1. The van der Waals surface area contributed by atoms with Gasteiger partial charge < -0.3 is 15.0 Å². The van der Waals surface area contributed by atoms with E-state index in [0.717, 1.165) is 41.8 Å². The molecule has 1 aliphatic carbocycles. The number of rotatable bonds is 11. The van der Waals surface area contributed by atoms with Crippen LogP contribution in [0.25, 0.3) is 0 Å². The fourth-order valence-electron chi connectivity index (χ4n) is 4.73. The maximum absolute atomic E-state index is 13.9. The van der Waals surface area contributed by atoms with Gasteiger partial charge in [0.1, 0.15) is 18.3 Å². The van der Waals surface area contributed by atoms with E-state index < -0.39 is 28.5 Å². The highest BCUT2D eigenvalue weighted by molar-refractivity contribution is 7.92. The quantitative estimate of drug-likeness (QED) is 0.404. The number of benzene rings is 2. The van der Waals surface area contributed by atoms with Gasteiger partial charge in [-0.15, -0.1) is 0 Å². The third-order valence-corrected chi connectivity index (χ3v) is 8.59. The molecule has 0 heterocycles. The Morgan fingerprint density at radius 1 is 1.13 bits per heavy atom. The van der Waals surface area contributed by atoms with Crippen LogP contribution in [0.3, 0.4) is 0 Å². The SMILES string of the molecule is CCC(C(=O)NC1CCCC1)N(Cc1c(Cl)cccc1Cl)C(=O)CN(c1cc(C)ccc1OC)S(C)(=O)=O. The van der Waals surface area contributed by atoms with Gasteiger partial charge in [-0.2, -0.15) is 0 Å². The molecule has 1 unspecified atom stereocenters. The van der Waals surface area contributed by atoms with Crippen molar-refractivity contribution in [3.05, 3.63) is 57.6 Å². The minimum Gasteiger partial charge on any atom is -0.495 e. The Hall–Kier alpha value is -2.49. The lowest BCUT2D eigenvalue weighted by Crippen LogP contribution is -2.53. The summed E-state index contributed by atoms with van der Waals surface area (Å²) in [7, 11) is -2.47. The van der Waals surface area contributed by atoms with Crippen molar-refractivity contribution in [3.8, 4) is 5.75 Å². The second-order valence-corrected chi connectivity index (χ2v) is 12.3. The first kappa shape index (κ1) is 30.1. The molecule has 1 atom stereocenters. The van der Waals surface area contributed by atoms with Crippen molar-refractivity contribution in [2.45, 2.75) is 64.6 Å². The Bertz CT molecular complexity index is 1250. The fourth-order valence-corrected chi connectivity index (χ4v) is 6.09. The molecule has 3 rings (SSSR count). The van der Waals surface area contributed by atoms with Gasteiger partial charge in [0.15, 0.2) is 0 Å². The normalized spacial score (nSPS) is 14.7. The van der Waals surface area contributed by atoms with Crippen LogP contribution in [-0.2, 0) is 26.2 Å². The lowest BCUT2D eigenvalue weighted by atomic mass is 10.1. The van der Waals surface area contributed by atoms with E-state index in [2.05, 4.69) is 5.32 Å². The number of amides is 2. The summed E-state index contributed by atoms with van der Waals surface area (Å²) in [4.78, 5) is 28.7. The monoisotopic (exact) mass is 583 g/mol. The molecule has 208 valence electrons. The summed E-state index contributed by atoms with van der Waals surface area (Å²) >= 11 is 12.9. The molecule has 2 aromatic carbocycles. The molecule has 0 bridgehead atoms. The van der Waals surface area contributed by atoms with Crippen LogP contribution in [0, 0.1) is 6.92 Å². The van der Waals surface area contributed by atoms with Crippen molar-refractivity contribution >= 4 is 50.7 Å². The molecule has 38 heavy (non-hydrogen) atoms. The highest BCUT2D eigenvalue weighted by atomic mass is 35.5. The van der Waals surface area contributed by atoms with Crippen molar-refractivity contribution in [2.24, 2.45) is 0 Å². The molecular weight excluding hydrogens is 549 g/mol. The first-order valence-electron chi connectivity index (χ1n) is 12.6. The third-order valence-electron chi connectivity index (χ3n) is 6.76. The molecule has 1 N–H and O–H groups in total. The van der Waals surface area contributed by atoms with E-state index in [0.29, 0.717) is 27.8 Å². The van der Waals surface area contributed by atoms with E-state index >= 15 is 0 Å². The molecule has 0 aliphatic heterocycles. The standard InChI is InChI=1S/C27H35Cl2N3O5S/c1-5-23(27(34)30-19-9-6-7-10-19)31(16-20-21(28)11-8-12-22(20)29)26(33)17-32(38(4,35)36)24-15-18(2)13-14-25(24)37-3/h8,11-15,19,23H,5-7,9-10,16-17H2,1-4H3,(H,30,34). The summed E-state index contributed by atoms with van der Waals surface area (Å²) in [6, 6.07) is 9.30. The van der Waals surface area contributed by atoms with Crippen molar-refractivity contribution < 1.29 is 22.7 Å². The Labute approximate surface area is 235 Å². The average molecular weight is 585 g/mol. The number of hydrogen-bond acceptors (Lipinski definition) is 5. The minimum atomic E-state index is -3.90. The van der Waals surface area contributed by atoms with E-state index in [9.17, 15) is 18.0 Å². The molecule has 11 heteroatoms. The van der Waals surface area contributed by atoms with E-state index in [1.807, 2.05) is 13.8 Å². The van der Waals surface area contributed by atoms with Crippen LogP contribution in [0.1, 0.15) is 50.2 Å². The van der Waals surface area contributed by atoms with Crippen LogP contribution < -0.4 is 14.4 Å². The van der Waals surface area contributed by atoms with E-state index in [1.54, 1.807) is 36.4 Å². The summed E-state index contributed by atoms with van der Waals surface area (Å²) < 4.78 is 32.2. The molecule has 8 nitrogen and oxygen atoms in total. The second-order valence-electron chi connectivity index (χ2n) is 9.58. The zero-order chi connectivity index (χ0) is 28.0. The smallest absolute Gasteiger partial charge is 0.244 e. The lowest BCUT2D eigenvalue weighted by molar-refractivity contribution is -0.140. The van der Waals surface area contributed by atoms with Crippen molar-refractivity contribution in [1.82, 2.24) is 10.2 Å². The van der Waals surface area contributed by atoms with E-state index in [4.69, 9.17) is 27.9 Å². The number of halogens is 2. The Morgan fingerprint density at radius 2 is 1.76 bits per heavy atom. The van der Waals surface area contributed by atoms with Crippen LogP contribution in [0.15, 0.2) is 36.4 Å². The molecule has 2 aromatic rings. The topological polar surface area (TPSA) is 96.0 Å². The number of nitrogens with zero attached hydrogens (tertiary/aromatic N) is 2. The van der Waals surface area contributed by atoms with E-state index in [-0.39, 0.29) is 24.2 Å². The summed E-state index contributed by atoms with van der Waals surface area (Å²) in [6.45, 7) is 3.03. The van der Waals surface area contributed by atoms with Gasteiger partial charge in [0, 0.05) is 28.2 Å². The number of carbonyl (C=O) groups excluding carboxylic acids is 2. The van der Waals surface area contributed by atoms with Crippen LogP contribution in [0.5, 0.6) is 5.75 Å². The molecule has 0 spiro atoms. The Morgan fingerprint density at radius 3 is 2.32 bits per heavy atom. The van der Waals surface area contributed by atoms with Gasteiger partial charge in [-0.3, -0.25) is 13.9 Å². The average Bonchev–Trinajstić information content (AvgIpc) is 3.36. The highest BCUT2D eigenvalue weighted by Crippen LogP contribution is 2.32. The predicted molar refractivity (Wildman–Crippen MR) is 151 cm³/mol. The second kappa shape index (κ2) is 13.0. The summed E-state index contributed by atoms with van der Waals surface area (Å²) in [5, 5.41) is 3.77. The van der Waals surface area contributed by atoms with Crippen LogP contribution in [-0.4, -0.2) is 57.1 Å². The predicted octanol–water partition coefficient (Wildman–Crippen LogP) is 4.94. The van der Waals surface area contributed by atoms with Gasteiger partial charge in [-0.1, -0.05) is 55.1 Å². The largest absolute Gasteiger partial charge is 0.495 e. The zero-order valence-electron chi connectivity index (χ0n) is 22.2. The summed E-state index contributed by atoms with van der Waals surface area (Å²) in [6.07, 6.45) is 5.21. The number of hydrogen-bond donors (Lipinski definition) is 1. The van der Waals surface area contributed by atoms with Crippen molar-refractivity contribution in [3.63, 3.8) is 0 Å². The van der Waals surface area contributed by atoms with Crippen LogP contribution >= 0.6 is 23.2 Å². The Balaban J connectivity index is 2.02. The van der Waals surface area contributed by atoms with Gasteiger partial charge >= 0.3 is 0 Å². The molecule has 1 fully saturated rings. The molecule has 1 saturated carbocycles. The van der Waals surface area contributed by atoms with Gasteiger partial charge in [0.05, 0.1) is 19.1 Å². The van der Waals surface area contributed by atoms with Crippen molar-refractivity contribution in [2.75, 3.05) is 24.2 Å². The number of ether oxygens (including phenoxy) is 1. The van der Waals surface area contributed by atoms with Gasteiger partial charge in [-0.05, 0) is 56.0 Å². The van der Waals surface area contributed by atoms with Gasteiger partial charge in [-0.25, -0.2) is 8.42 Å². The number of carbonyl (C=O) groups is 2. The summed E-state index contributed by atoms with van der Waals surface area (Å²) in [5.74, 6) is -0.543. The van der Waals surface area contributed by atoms with E-state index in [1.165, 1.54) is 12.0 Å². The number of aryl methyl sites for hydroxylation is 1. The number of methoxy groups -OCH3 is 1. The van der Waals surface area contributed by atoms with Gasteiger partial charge in [0.2, 0.25) is 21.8 Å². The van der Waals surface area contributed by atoms with Crippen LogP contribution in [0.2, 0.25) is 10.0 Å². The molecular formula is C27H35Cl2N3O5S. The van der Waals surface area contributed by atoms with Crippen molar-refractivity contribution in [1.29, 1.82) is 0 Å². The fraction of sp³-hybridized carbons (Fsp3) is 0.481. The number of sulfonamides is 1. The molecule has 2 amide bonds. The molecule has 0 saturated heterocycles. The molecule has 1 aliphatic rings. The number of anilines is 1. The third kappa shape index (κ3) is 7.33. The molecule has 0 radical (unpaired) electrons. The Kier molecular flexibility index (Phi) is 10.3. The van der Waals surface area contributed by atoms with Crippen LogP contribution in [0.4, 0.5) is 5.69 Å².